The zero-order valence-corrected chi connectivity index (χ0v) is 37.0. The van der Waals surface area contributed by atoms with Crippen LogP contribution in [0.5, 0.6) is 0 Å². The van der Waals surface area contributed by atoms with Crippen molar-refractivity contribution in [1.82, 2.24) is 10.6 Å². The van der Waals surface area contributed by atoms with Gasteiger partial charge in [0.25, 0.3) is 0 Å². The van der Waals surface area contributed by atoms with Gasteiger partial charge in [0.1, 0.15) is 12.2 Å². The van der Waals surface area contributed by atoms with E-state index < -0.39 is 11.9 Å². The van der Waals surface area contributed by atoms with Crippen molar-refractivity contribution in [2.24, 2.45) is 0 Å². The molecule has 0 aliphatic heterocycles. The molecule has 0 amide bonds. The summed E-state index contributed by atoms with van der Waals surface area (Å²) in [5.74, 6) is -4.37. The summed E-state index contributed by atoms with van der Waals surface area (Å²) in [4.78, 5) is 17.9. The van der Waals surface area contributed by atoms with Crippen molar-refractivity contribution < 1.29 is 29.3 Å². The zero-order chi connectivity index (χ0) is 44.8. The third kappa shape index (κ3) is 18.0. The molecule has 62 heavy (non-hydrogen) atoms. The number of aryl methyl sites for hydroxylation is 2. The number of aliphatic carboxylic acids is 2. The standard InChI is InChI=1S/2C26H31NO.C2H2O4/c2*1-21-14-16-24(17-15-21)25(23-12-8-5-9-13-23)28-19-18-27-26(2,3)20-22-10-6-4-7-11-22;3-1(4)2(5)6/h2*4-17,25,27H,18-20H2,1-3H3;(H,3,4)(H,5,6)/p-2. The number of carbonyl (C=O) groups is 2. The molecule has 6 aromatic carbocycles. The zero-order valence-electron chi connectivity index (χ0n) is 37.0. The minimum absolute atomic E-state index is 0.0246. The lowest BCUT2D eigenvalue weighted by Crippen LogP contribution is -2.43. The molecular formula is C54H62N2O6-2. The molecule has 326 valence electrons. The Bertz CT molecular complexity index is 2000. The number of carbonyl (C=O) groups excluding carboxylic acids is 2. The number of hydrogen-bond donors (Lipinski definition) is 2. The molecule has 8 nitrogen and oxygen atoms in total. The van der Waals surface area contributed by atoms with Gasteiger partial charge in [0.05, 0.1) is 25.2 Å². The van der Waals surface area contributed by atoms with Crippen LogP contribution >= 0.6 is 0 Å². The summed E-state index contributed by atoms with van der Waals surface area (Å²) in [7, 11) is 0. The molecule has 2 atom stereocenters. The van der Waals surface area contributed by atoms with Crippen molar-refractivity contribution in [3.05, 3.63) is 214 Å². The Labute approximate surface area is 369 Å². The summed E-state index contributed by atoms with van der Waals surface area (Å²) in [6.07, 6.45) is 1.91. The lowest BCUT2D eigenvalue weighted by atomic mass is 9.95. The van der Waals surface area contributed by atoms with Gasteiger partial charge in [-0.1, -0.05) is 181 Å². The van der Waals surface area contributed by atoms with Gasteiger partial charge in [-0.05, 0) is 87.8 Å². The molecule has 6 aromatic rings. The van der Waals surface area contributed by atoms with Crippen LogP contribution in [0.3, 0.4) is 0 Å². The molecule has 8 heteroatoms. The number of carboxylic acid groups (broad SMARTS) is 2. The van der Waals surface area contributed by atoms with E-state index in [0.29, 0.717) is 13.2 Å². The topological polar surface area (TPSA) is 123 Å². The lowest BCUT2D eigenvalue weighted by molar-refractivity contribution is -0.345. The van der Waals surface area contributed by atoms with Crippen LogP contribution in [0.4, 0.5) is 0 Å². The van der Waals surface area contributed by atoms with E-state index in [1.54, 1.807) is 0 Å². The molecule has 0 bridgehead atoms. The van der Waals surface area contributed by atoms with Crippen LogP contribution in [0.2, 0.25) is 0 Å². The van der Waals surface area contributed by atoms with Crippen molar-refractivity contribution in [3.63, 3.8) is 0 Å². The van der Waals surface area contributed by atoms with Crippen LogP contribution in [0, 0.1) is 13.8 Å². The maximum Gasteiger partial charge on any atom is 0.108 e. The van der Waals surface area contributed by atoms with Crippen LogP contribution in [-0.4, -0.2) is 49.3 Å². The number of hydrogen-bond acceptors (Lipinski definition) is 8. The van der Waals surface area contributed by atoms with Crippen LogP contribution < -0.4 is 20.8 Å². The van der Waals surface area contributed by atoms with Gasteiger partial charge in [0.15, 0.2) is 0 Å². The normalized spacial score (nSPS) is 12.2. The first-order chi connectivity index (χ1) is 29.7. The van der Waals surface area contributed by atoms with E-state index in [0.717, 1.165) is 25.9 Å². The van der Waals surface area contributed by atoms with Crippen molar-refractivity contribution >= 4 is 11.9 Å². The Morgan fingerprint density at radius 3 is 1.02 bits per heavy atom. The van der Waals surface area contributed by atoms with E-state index in [9.17, 15) is 0 Å². The second kappa shape index (κ2) is 25.1. The SMILES string of the molecule is Cc1ccc(C(OCCNC(C)(C)Cc2ccccc2)c2ccccc2)cc1.Cc1ccc(C(OCCNC(C)(C)Cc2ccccc2)c2ccccc2)cc1.O=C([O-])C(=O)[O-]. The molecule has 0 fully saturated rings. The lowest BCUT2D eigenvalue weighted by Gasteiger charge is -2.27. The van der Waals surface area contributed by atoms with Gasteiger partial charge in [0, 0.05) is 24.2 Å². The minimum atomic E-state index is -2.19. The molecule has 0 heterocycles. The van der Waals surface area contributed by atoms with Crippen LogP contribution in [0.25, 0.3) is 0 Å². The molecule has 2 N–H and O–H groups in total. The summed E-state index contributed by atoms with van der Waals surface area (Å²) in [6.45, 7) is 16.1. The first-order valence-corrected chi connectivity index (χ1v) is 21.2. The summed E-state index contributed by atoms with van der Waals surface area (Å²) in [5.41, 5.74) is 10.0. The van der Waals surface area contributed by atoms with E-state index >= 15 is 0 Å². The fourth-order valence-corrected chi connectivity index (χ4v) is 6.98. The Hall–Kier alpha value is -5.90. The largest absolute Gasteiger partial charge is 0.543 e. The Morgan fingerprint density at radius 2 is 0.726 bits per heavy atom. The number of nitrogens with one attached hydrogen (secondary N) is 2. The first kappa shape index (κ1) is 48.8. The average Bonchev–Trinajstić information content (AvgIpc) is 3.26. The number of benzene rings is 6. The molecule has 0 saturated carbocycles. The van der Waals surface area contributed by atoms with Crippen molar-refractivity contribution in [3.8, 4) is 0 Å². The quantitative estimate of drug-likeness (QED) is 0.0662. The van der Waals surface area contributed by atoms with Gasteiger partial charge < -0.3 is 39.9 Å². The van der Waals surface area contributed by atoms with E-state index in [2.05, 4.69) is 210 Å². The summed E-state index contributed by atoms with van der Waals surface area (Å²) in [5, 5.41) is 25.2. The van der Waals surface area contributed by atoms with E-state index in [4.69, 9.17) is 29.3 Å². The monoisotopic (exact) mass is 834 g/mol. The van der Waals surface area contributed by atoms with Crippen LogP contribution in [0.1, 0.15) is 84.4 Å². The molecule has 0 aromatic heterocycles. The second-order valence-corrected chi connectivity index (χ2v) is 16.7. The van der Waals surface area contributed by atoms with Crippen molar-refractivity contribution in [1.29, 1.82) is 0 Å². The van der Waals surface area contributed by atoms with Gasteiger partial charge in [0.2, 0.25) is 0 Å². The van der Waals surface area contributed by atoms with Crippen LogP contribution in [0.15, 0.2) is 170 Å². The maximum absolute atomic E-state index is 8.93. The highest BCUT2D eigenvalue weighted by Crippen LogP contribution is 2.27. The number of rotatable bonds is 18. The smallest absolute Gasteiger partial charge is 0.108 e. The summed E-state index contributed by atoms with van der Waals surface area (Å²) < 4.78 is 12.7. The Kier molecular flexibility index (Phi) is 19.8. The van der Waals surface area contributed by atoms with Gasteiger partial charge in [-0.3, -0.25) is 0 Å². The molecule has 0 saturated heterocycles. The Morgan fingerprint density at radius 1 is 0.452 bits per heavy atom. The Balaban J connectivity index is 0.000000241. The van der Waals surface area contributed by atoms with Crippen molar-refractivity contribution in [2.75, 3.05) is 26.3 Å². The van der Waals surface area contributed by atoms with Crippen molar-refractivity contribution in [2.45, 2.75) is 77.7 Å². The first-order valence-electron chi connectivity index (χ1n) is 21.2. The van der Waals surface area contributed by atoms with Gasteiger partial charge in [-0.25, -0.2) is 0 Å². The maximum atomic E-state index is 8.93. The third-order valence-electron chi connectivity index (χ3n) is 10.1. The fourth-order valence-electron chi connectivity index (χ4n) is 6.98. The predicted octanol–water partition coefficient (Wildman–Crippen LogP) is 7.91. The molecule has 6 rings (SSSR count). The molecule has 0 spiro atoms. The average molecular weight is 835 g/mol. The highest BCUT2D eigenvalue weighted by Gasteiger charge is 2.20. The predicted molar refractivity (Wildman–Crippen MR) is 245 cm³/mol. The van der Waals surface area contributed by atoms with Gasteiger partial charge in [-0.15, -0.1) is 0 Å². The molecule has 0 radical (unpaired) electrons. The summed E-state index contributed by atoms with van der Waals surface area (Å²) >= 11 is 0. The van der Waals surface area contributed by atoms with Gasteiger partial charge in [-0.2, -0.15) is 0 Å². The van der Waals surface area contributed by atoms with Crippen LogP contribution in [-0.2, 0) is 31.9 Å². The second-order valence-electron chi connectivity index (χ2n) is 16.7. The minimum Gasteiger partial charge on any atom is -0.543 e. The van der Waals surface area contributed by atoms with E-state index in [-0.39, 0.29) is 23.3 Å². The summed E-state index contributed by atoms with van der Waals surface area (Å²) in [6, 6.07) is 59.4. The van der Waals surface area contributed by atoms with Gasteiger partial charge >= 0.3 is 0 Å². The number of ether oxygens (including phenoxy) is 2. The highest BCUT2D eigenvalue weighted by molar-refractivity contribution is 6.25. The molecule has 0 aliphatic rings. The molecular weight excluding hydrogens is 773 g/mol. The highest BCUT2D eigenvalue weighted by atomic mass is 16.5. The molecule has 0 aliphatic carbocycles. The fraction of sp³-hybridized carbons (Fsp3) is 0.296. The third-order valence-corrected chi connectivity index (χ3v) is 10.1. The number of carboxylic acids is 2. The molecule has 2 unspecified atom stereocenters. The van der Waals surface area contributed by atoms with E-state index in [1.165, 1.54) is 44.5 Å². The van der Waals surface area contributed by atoms with E-state index in [1.807, 2.05) is 12.1 Å².